The van der Waals surface area contributed by atoms with Crippen LogP contribution in [0.1, 0.15) is 25.3 Å². The molecule has 1 aromatic carbocycles. The van der Waals surface area contributed by atoms with Crippen LogP contribution in [0.5, 0.6) is 0 Å². The molecule has 0 unspecified atom stereocenters. The van der Waals surface area contributed by atoms with Crippen molar-refractivity contribution in [2.45, 2.75) is 24.7 Å². The van der Waals surface area contributed by atoms with Crippen molar-refractivity contribution in [3.05, 3.63) is 29.8 Å². The summed E-state index contributed by atoms with van der Waals surface area (Å²) in [6, 6.07) is 6.65. The van der Waals surface area contributed by atoms with Crippen LogP contribution in [0.2, 0.25) is 0 Å². The predicted molar refractivity (Wildman–Crippen MR) is 83.1 cm³/mol. The van der Waals surface area contributed by atoms with E-state index in [0.717, 1.165) is 25.9 Å². The van der Waals surface area contributed by atoms with Gasteiger partial charge in [0, 0.05) is 18.7 Å². The van der Waals surface area contributed by atoms with Crippen LogP contribution < -0.4 is 4.72 Å². The summed E-state index contributed by atoms with van der Waals surface area (Å²) in [5, 5.41) is 0. The van der Waals surface area contributed by atoms with Crippen molar-refractivity contribution in [1.29, 1.82) is 0 Å². The van der Waals surface area contributed by atoms with Crippen LogP contribution in [0, 0.1) is 5.92 Å². The third-order valence-electron chi connectivity index (χ3n) is 4.17. The summed E-state index contributed by atoms with van der Waals surface area (Å²) in [5.74, 6) is 0.862. The molecule has 0 bridgehead atoms. The Morgan fingerprint density at radius 1 is 1.32 bits per heavy atom. The Kier molecular flexibility index (Phi) is 3.90. The van der Waals surface area contributed by atoms with Gasteiger partial charge in [-0.2, -0.15) is 0 Å². The van der Waals surface area contributed by atoms with Gasteiger partial charge in [0.2, 0.25) is 5.91 Å². The van der Waals surface area contributed by atoms with E-state index in [4.69, 9.17) is 0 Å². The molecule has 1 amide bonds. The lowest BCUT2D eigenvalue weighted by Gasteiger charge is -2.29. The molecule has 0 atom stereocenters. The number of amidine groups is 1. The molecular weight excluding hydrogens is 302 g/mol. The normalized spacial score (nSPS) is 22.4. The number of hydrogen-bond acceptors (Lipinski definition) is 4. The van der Waals surface area contributed by atoms with Gasteiger partial charge in [-0.25, -0.2) is 8.42 Å². The van der Waals surface area contributed by atoms with Gasteiger partial charge in [-0.05, 0) is 30.9 Å². The summed E-state index contributed by atoms with van der Waals surface area (Å²) in [5.41, 5.74) is 0.530. The molecule has 1 aromatic rings. The molecule has 3 rings (SSSR count). The van der Waals surface area contributed by atoms with Crippen molar-refractivity contribution in [3.8, 4) is 0 Å². The lowest BCUT2D eigenvalue weighted by atomic mass is 9.99. The number of rotatable bonds is 2. The maximum absolute atomic E-state index is 12.2. The second-order valence-electron chi connectivity index (χ2n) is 5.83. The Morgan fingerprint density at radius 2 is 2.00 bits per heavy atom. The smallest absolute Gasteiger partial charge is 0.263 e. The Hall–Kier alpha value is -1.89. The quantitative estimate of drug-likeness (QED) is 0.882. The van der Waals surface area contributed by atoms with Crippen LogP contribution in [0.15, 0.2) is 34.2 Å². The van der Waals surface area contributed by atoms with E-state index in [2.05, 4.69) is 16.6 Å². The van der Waals surface area contributed by atoms with E-state index in [1.54, 1.807) is 23.1 Å². The number of aliphatic imine (C=N–C) groups is 1. The molecule has 0 radical (unpaired) electrons. The number of carbonyl (C=O) groups excluding carboxylic acids is 1. The van der Waals surface area contributed by atoms with Crippen molar-refractivity contribution < 1.29 is 13.2 Å². The van der Waals surface area contributed by atoms with Crippen molar-refractivity contribution in [1.82, 2.24) is 9.62 Å². The molecule has 0 saturated carbocycles. The van der Waals surface area contributed by atoms with E-state index in [1.165, 1.54) is 6.07 Å². The molecule has 0 spiro atoms. The van der Waals surface area contributed by atoms with E-state index >= 15 is 0 Å². The summed E-state index contributed by atoms with van der Waals surface area (Å²) >= 11 is 0. The molecule has 1 fully saturated rings. The van der Waals surface area contributed by atoms with E-state index in [9.17, 15) is 13.2 Å². The molecule has 1 N–H and O–H groups in total. The Morgan fingerprint density at radius 3 is 2.73 bits per heavy atom. The summed E-state index contributed by atoms with van der Waals surface area (Å²) in [6.07, 6.45) is 2.02. The summed E-state index contributed by atoms with van der Waals surface area (Å²) in [6.45, 7) is 3.67. The van der Waals surface area contributed by atoms with E-state index < -0.39 is 10.0 Å². The number of carbonyl (C=O) groups is 1. The average Bonchev–Trinajstić information content (AvgIpc) is 2.77. The highest BCUT2D eigenvalue weighted by atomic mass is 32.2. The van der Waals surface area contributed by atoms with Gasteiger partial charge in [0.15, 0.2) is 0 Å². The van der Waals surface area contributed by atoms with Crippen LogP contribution in [-0.2, 0) is 14.8 Å². The Labute approximate surface area is 130 Å². The number of sulfonamides is 1. The number of amides is 1. The first-order valence-corrected chi connectivity index (χ1v) is 8.90. The molecule has 1 saturated heterocycles. The highest BCUT2D eigenvalue weighted by molar-refractivity contribution is 7.90. The highest BCUT2D eigenvalue weighted by Crippen LogP contribution is 2.22. The Bertz CT molecular complexity index is 719. The lowest BCUT2D eigenvalue weighted by Crippen LogP contribution is -2.39. The summed E-state index contributed by atoms with van der Waals surface area (Å²) in [4.78, 5) is 18.4. The standard InChI is InChI=1S/C15H19N3O3S/c1-11-6-8-18(9-7-11)14(19)10-16-15-12-4-2-3-5-13(12)22(20,21)17-15/h2-5,11H,6-10H2,1H3,(H,16,17). The van der Waals surface area contributed by atoms with Crippen molar-refractivity contribution in [3.63, 3.8) is 0 Å². The van der Waals surface area contributed by atoms with Crippen LogP contribution in [0.4, 0.5) is 0 Å². The average molecular weight is 321 g/mol. The fourth-order valence-corrected chi connectivity index (χ4v) is 4.01. The van der Waals surface area contributed by atoms with Gasteiger partial charge in [0.05, 0.1) is 4.90 Å². The zero-order valence-corrected chi connectivity index (χ0v) is 13.3. The molecule has 22 heavy (non-hydrogen) atoms. The van der Waals surface area contributed by atoms with Gasteiger partial charge < -0.3 is 4.90 Å². The minimum absolute atomic E-state index is 0.0272. The molecular formula is C15H19N3O3S. The molecule has 2 aliphatic heterocycles. The molecule has 6 nitrogen and oxygen atoms in total. The first-order valence-electron chi connectivity index (χ1n) is 7.42. The predicted octanol–water partition coefficient (Wildman–Crippen LogP) is 0.984. The Balaban J connectivity index is 1.73. The van der Waals surface area contributed by atoms with Gasteiger partial charge in [-0.1, -0.05) is 19.1 Å². The third-order valence-corrected chi connectivity index (χ3v) is 5.57. The zero-order valence-electron chi connectivity index (χ0n) is 12.4. The zero-order chi connectivity index (χ0) is 15.7. The van der Waals surface area contributed by atoms with Crippen molar-refractivity contribution in [2.75, 3.05) is 19.6 Å². The van der Waals surface area contributed by atoms with E-state index in [1.807, 2.05) is 0 Å². The van der Waals surface area contributed by atoms with Gasteiger partial charge >= 0.3 is 0 Å². The van der Waals surface area contributed by atoms with Crippen LogP contribution >= 0.6 is 0 Å². The third kappa shape index (κ3) is 2.85. The number of hydrogen-bond donors (Lipinski definition) is 1. The maximum atomic E-state index is 12.2. The largest absolute Gasteiger partial charge is 0.341 e. The van der Waals surface area contributed by atoms with E-state index in [-0.39, 0.29) is 23.2 Å². The second-order valence-corrected chi connectivity index (χ2v) is 7.48. The summed E-state index contributed by atoms with van der Waals surface area (Å²) < 4.78 is 26.3. The van der Waals surface area contributed by atoms with E-state index in [0.29, 0.717) is 11.5 Å². The minimum Gasteiger partial charge on any atom is -0.341 e. The number of benzene rings is 1. The topological polar surface area (TPSA) is 78.8 Å². The van der Waals surface area contributed by atoms with Crippen LogP contribution in [0.3, 0.4) is 0 Å². The van der Waals surface area contributed by atoms with Gasteiger partial charge in [-0.15, -0.1) is 0 Å². The molecule has 118 valence electrons. The second kappa shape index (κ2) is 5.72. The maximum Gasteiger partial charge on any atom is 0.263 e. The monoisotopic (exact) mass is 321 g/mol. The summed E-state index contributed by atoms with van der Waals surface area (Å²) in [7, 11) is -3.54. The first kappa shape index (κ1) is 15.0. The fraction of sp³-hybridized carbons (Fsp3) is 0.467. The highest BCUT2D eigenvalue weighted by Gasteiger charge is 2.30. The number of likely N-dealkylation sites (tertiary alicyclic amines) is 1. The minimum atomic E-state index is -3.54. The van der Waals surface area contributed by atoms with Crippen LogP contribution in [-0.4, -0.2) is 44.7 Å². The van der Waals surface area contributed by atoms with Gasteiger partial charge in [-0.3, -0.25) is 14.5 Å². The van der Waals surface area contributed by atoms with Crippen LogP contribution in [0.25, 0.3) is 0 Å². The number of piperidine rings is 1. The van der Waals surface area contributed by atoms with Gasteiger partial charge in [0.25, 0.3) is 10.0 Å². The number of nitrogens with one attached hydrogen (secondary N) is 1. The number of fused-ring (bicyclic) bond motifs is 1. The van der Waals surface area contributed by atoms with Crippen molar-refractivity contribution >= 4 is 21.8 Å². The SMILES string of the molecule is CC1CCN(C(=O)CN=C2NS(=O)(=O)c3ccccc32)CC1. The fourth-order valence-electron chi connectivity index (χ4n) is 2.76. The number of nitrogens with zero attached hydrogens (tertiary/aromatic N) is 2. The molecule has 0 aromatic heterocycles. The molecule has 0 aliphatic carbocycles. The first-order chi connectivity index (χ1) is 10.5. The lowest BCUT2D eigenvalue weighted by molar-refractivity contribution is -0.130. The van der Waals surface area contributed by atoms with Gasteiger partial charge in [0.1, 0.15) is 12.4 Å². The molecule has 2 aliphatic rings. The molecule has 2 heterocycles. The molecule has 7 heteroatoms. The van der Waals surface area contributed by atoms with Crippen molar-refractivity contribution in [2.24, 2.45) is 10.9 Å².